The van der Waals surface area contributed by atoms with E-state index in [1.165, 1.54) is 0 Å². The second-order valence-electron chi connectivity index (χ2n) is 3.82. The number of hydrazine groups is 1. The predicted molar refractivity (Wildman–Crippen MR) is 63.6 cm³/mol. The van der Waals surface area contributed by atoms with Gasteiger partial charge in [0.2, 0.25) is 5.96 Å². The highest BCUT2D eigenvalue weighted by Crippen LogP contribution is 2.02. The lowest BCUT2D eigenvalue weighted by molar-refractivity contribution is 0.177. The lowest BCUT2D eigenvalue weighted by atomic mass is 10.2. The van der Waals surface area contributed by atoms with Crippen LogP contribution in [0.5, 0.6) is 0 Å². The van der Waals surface area contributed by atoms with Gasteiger partial charge in [-0.2, -0.15) is 0 Å². The molecular formula is C10H24N4O. The second kappa shape index (κ2) is 8.49. The largest absolute Gasteiger partial charge is 0.382 e. The zero-order valence-electron chi connectivity index (χ0n) is 10.2. The Hall–Kier alpha value is -0.810. The molecule has 0 aromatic carbocycles. The van der Waals surface area contributed by atoms with E-state index in [1.807, 2.05) is 13.8 Å². The smallest absolute Gasteiger partial charge is 0.206 e. The Bertz CT molecular complexity index is 176. The monoisotopic (exact) mass is 216 g/mol. The van der Waals surface area contributed by atoms with E-state index in [-0.39, 0.29) is 6.04 Å². The van der Waals surface area contributed by atoms with Crippen molar-refractivity contribution in [3.05, 3.63) is 0 Å². The van der Waals surface area contributed by atoms with Crippen molar-refractivity contribution < 1.29 is 4.74 Å². The van der Waals surface area contributed by atoms with E-state index in [4.69, 9.17) is 10.6 Å². The molecule has 0 amide bonds. The Balaban J connectivity index is 4.30. The van der Waals surface area contributed by atoms with Crippen molar-refractivity contribution in [2.75, 3.05) is 13.7 Å². The van der Waals surface area contributed by atoms with Gasteiger partial charge in [0, 0.05) is 13.2 Å². The van der Waals surface area contributed by atoms with Gasteiger partial charge in [-0.05, 0) is 20.3 Å². The molecule has 15 heavy (non-hydrogen) atoms. The van der Waals surface area contributed by atoms with Crippen LogP contribution in [0.25, 0.3) is 0 Å². The van der Waals surface area contributed by atoms with Crippen LogP contribution >= 0.6 is 0 Å². The summed E-state index contributed by atoms with van der Waals surface area (Å²) >= 11 is 0. The van der Waals surface area contributed by atoms with E-state index in [0.29, 0.717) is 18.6 Å². The number of hydrogen-bond acceptors (Lipinski definition) is 3. The molecule has 0 fully saturated rings. The van der Waals surface area contributed by atoms with Crippen LogP contribution in [-0.4, -0.2) is 31.8 Å². The van der Waals surface area contributed by atoms with Crippen LogP contribution < -0.4 is 16.6 Å². The van der Waals surface area contributed by atoms with Gasteiger partial charge in [0.25, 0.3) is 0 Å². The Labute approximate surface area is 92.4 Å². The molecule has 0 aromatic rings. The molecule has 0 aliphatic heterocycles. The fourth-order valence-corrected chi connectivity index (χ4v) is 1.28. The van der Waals surface area contributed by atoms with Crippen LogP contribution in [0.4, 0.5) is 0 Å². The SMILES string of the molecule is CCCC(COC)N=C(NN)NC(C)C. The van der Waals surface area contributed by atoms with Crippen LogP contribution in [0, 0.1) is 0 Å². The van der Waals surface area contributed by atoms with Gasteiger partial charge in [0.05, 0.1) is 12.6 Å². The molecular weight excluding hydrogens is 192 g/mol. The highest BCUT2D eigenvalue weighted by molar-refractivity contribution is 5.79. The van der Waals surface area contributed by atoms with Gasteiger partial charge in [0.15, 0.2) is 0 Å². The maximum Gasteiger partial charge on any atom is 0.206 e. The number of hydrogen-bond donors (Lipinski definition) is 3. The Morgan fingerprint density at radius 2 is 2.13 bits per heavy atom. The Morgan fingerprint density at radius 3 is 2.53 bits per heavy atom. The van der Waals surface area contributed by atoms with Gasteiger partial charge in [-0.25, -0.2) is 10.8 Å². The molecule has 5 heteroatoms. The van der Waals surface area contributed by atoms with Gasteiger partial charge in [-0.3, -0.25) is 5.43 Å². The molecule has 0 saturated carbocycles. The number of aliphatic imine (C=N–C) groups is 1. The summed E-state index contributed by atoms with van der Waals surface area (Å²) in [6.45, 7) is 6.83. The molecule has 1 atom stereocenters. The van der Waals surface area contributed by atoms with E-state index >= 15 is 0 Å². The minimum atomic E-state index is 0.164. The van der Waals surface area contributed by atoms with E-state index in [1.54, 1.807) is 7.11 Å². The van der Waals surface area contributed by atoms with Crippen molar-refractivity contribution in [3.8, 4) is 0 Å². The average molecular weight is 216 g/mol. The maximum atomic E-state index is 5.38. The molecule has 0 bridgehead atoms. The number of rotatable bonds is 6. The molecule has 0 aliphatic rings. The van der Waals surface area contributed by atoms with Crippen molar-refractivity contribution in [2.24, 2.45) is 10.8 Å². The topological polar surface area (TPSA) is 71.7 Å². The Morgan fingerprint density at radius 1 is 1.47 bits per heavy atom. The number of nitrogens with zero attached hydrogens (tertiary/aromatic N) is 1. The molecule has 5 nitrogen and oxygen atoms in total. The normalized spacial score (nSPS) is 14.1. The molecule has 0 aromatic heterocycles. The number of nitrogens with two attached hydrogens (primary N) is 1. The van der Waals surface area contributed by atoms with Crippen molar-refractivity contribution in [1.29, 1.82) is 0 Å². The van der Waals surface area contributed by atoms with Gasteiger partial charge in [0.1, 0.15) is 0 Å². The van der Waals surface area contributed by atoms with Crippen LogP contribution in [-0.2, 0) is 4.74 Å². The molecule has 0 rings (SSSR count). The highest BCUT2D eigenvalue weighted by atomic mass is 16.5. The summed E-state index contributed by atoms with van der Waals surface area (Å²) < 4.78 is 5.10. The number of nitrogens with one attached hydrogen (secondary N) is 2. The van der Waals surface area contributed by atoms with Crippen molar-refractivity contribution in [2.45, 2.75) is 45.7 Å². The fourth-order valence-electron chi connectivity index (χ4n) is 1.28. The molecule has 90 valence electrons. The molecule has 0 spiro atoms. The first-order chi connectivity index (χ1) is 7.13. The van der Waals surface area contributed by atoms with E-state index in [0.717, 1.165) is 12.8 Å². The number of guanidine groups is 1. The van der Waals surface area contributed by atoms with Crippen molar-refractivity contribution in [3.63, 3.8) is 0 Å². The summed E-state index contributed by atoms with van der Waals surface area (Å²) in [6.07, 6.45) is 2.08. The quantitative estimate of drug-likeness (QED) is 0.263. The summed E-state index contributed by atoms with van der Waals surface area (Å²) in [4.78, 5) is 4.46. The van der Waals surface area contributed by atoms with Crippen LogP contribution in [0.15, 0.2) is 4.99 Å². The van der Waals surface area contributed by atoms with Gasteiger partial charge in [-0.1, -0.05) is 13.3 Å². The molecule has 0 radical (unpaired) electrons. The van der Waals surface area contributed by atoms with E-state index < -0.39 is 0 Å². The van der Waals surface area contributed by atoms with Crippen molar-refractivity contribution >= 4 is 5.96 Å². The maximum absolute atomic E-state index is 5.38. The average Bonchev–Trinajstić information content (AvgIpc) is 2.16. The van der Waals surface area contributed by atoms with Gasteiger partial charge in [-0.15, -0.1) is 0 Å². The molecule has 0 heterocycles. The Kier molecular flexibility index (Phi) is 8.04. The third kappa shape index (κ3) is 7.16. The summed E-state index contributed by atoms with van der Waals surface area (Å²) in [7, 11) is 1.68. The molecule has 4 N–H and O–H groups in total. The fraction of sp³-hybridized carbons (Fsp3) is 0.900. The van der Waals surface area contributed by atoms with Crippen LogP contribution in [0.2, 0.25) is 0 Å². The summed E-state index contributed by atoms with van der Waals surface area (Å²) in [5.41, 5.74) is 2.56. The number of ether oxygens (including phenoxy) is 1. The van der Waals surface area contributed by atoms with Gasteiger partial charge >= 0.3 is 0 Å². The van der Waals surface area contributed by atoms with E-state index in [2.05, 4.69) is 22.7 Å². The molecule has 0 aliphatic carbocycles. The number of methoxy groups -OCH3 is 1. The lowest BCUT2D eigenvalue weighted by Crippen LogP contribution is -2.45. The third-order valence-corrected chi connectivity index (χ3v) is 1.85. The minimum Gasteiger partial charge on any atom is -0.382 e. The first-order valence-electron chi connectivity index (χ1n) is 5.43. The zero-order valence-corrected chi connectivity index (χ0v) is 10.2. The molecule has 0 saturated heterocycles. The molecule has 1 unspecified atom stereocenters. The zero-order chi connectivity index (χ0) is 11.7. The highest BCUT2D eigenvalue weighted by Gasteiger charge is 2.07. The van der Waals surface area contributed by atoms with Gasteiger partial charge < -0.3 is 10.1 Å². The van der Waals surface area contributed by atoms with Crippen molar-refractivity contribution in [1.82, 2.24) is 10.7 Å². The lowest BCUT2D eigenvalue weighted by Gasteiger charge is -2.16. The standard InChI is InChI=1S/C10H24N4O/c1-5-6-9(7-15-4)13-10(14-11)12-8(2)3/h8-9H,5-7,11H2,1-4H3,(H2,12,13,14). The summed E-state index contributed by atoms with van der Waals surface area (Å²) in [6, 6.07) is 0.474. The second-order valence-corrected chi connectivity index (χ2v) is 3.82. The van der Waals surface area contributed by atoms with E-state index in [9.17, 15) is 0 Å². The predicted octanol–water partition coefficient (Wildman–Crippen LogP) is 0.619. The summed E-state index contributed by atoms with van der Waals surface area (Å²) in [5, 5.41) is 3.14. The van der Waals surface area contributed by atoms with Crippen LogP contribution in [0.1, 0.15) is 33.6 Å². The van der Waals surface area contributed by atoms with Crippen LogP contribution in [0.3, 0.4) is 0 Å². The first kappa shape index (κ1) is 14.2. The summed E-state index contributed by atoms with van der Waals surface area (Å²) in [5.74, 6) is 6.00. The third-order valence-electron chi connectivity index (χ3n) is 1.85. The minimum absolute atomic E-state index is 0.164. The first-order valence-corrected chi connectivity index (χ1v) is 5.43.